The number of hydrogen-bond donors (Lipinski definition) is 1. The molecular formula is C19H26N4O2. The Balaban J connectivity index is 1.70. The molecule has 25 heavy (non-hydrogen) atoms. The second kappa shape index (κ2) is 7.25. The molecule has 1 atom stereocenters. The molecule has 0 fully saturated rings. The fourth-order valence-electron chi connectivity index (χ4n) is 3.53. The van der Waals surface area contributed by atoms with E-state index >= 15 is 0 Å². The van der Waals surface area contributed by atoms with Crippen LogP contribution in [0.5, 0.6) is 0 Å². The van der Waals surface area contributed by atoms with Crippen LogP contribution in [0.3, 0.4) is 0 Å². The van der Waals surface area contributed by atoms with E-state index in [0.29, 0.717) is 12.1 Å². The molecule has 2 heterocycles. The number of rotatable bonds is 5. The Hall–Kier alpha value is -2.37. The summed E-state index contributed by atoms with van der Waals surface area (Å²) >= 11 is 0. The molecule has 0 unspecified atom stereocenters. The van der Waals surface area contributed by atoms with Gasteiger partial charge in [-0.3, -0.25) is 14.3 Å². The predicted molar refractivity (Wildman–Crippen MR) is 98.6 cm³/mol. The number of fused-ring (bicyclic) bond motifs is 1. The first-order valence-electron chi connectivity index (χ1n) is 8.99. The zero-order chi connectivity index (χ0) is 18.0. The summed E-state index contributed by atoms with van der Waals surface area (Å²) in [4.78, 5) is 25.2. The minimum atomic E-state index is -0.549. The van der Waals surface area contributed by atoms with Gasteiger partial charge in [0.25, 0.3) is 5.56 Å². The third-order valence-electron chi connectivity index (χ3n) is 5.03. The molecule has 6 nitrogen and oxygen atoms in total. The Bertz CT molecular complexity index is 875. The lowest BCUT2D eigenvalue weighted by Gasteiger charge is -2.17. The van der Waals surface area contributed by atoms with Crippen molar-refractivity contribution in [2.24, 2.45) is 7.05 Å². The molecule has 1 aliphatic carbocycles. The quantitative estimate of drug-likeness (QED) is 0.849. The number of carbonyl (C=O) groups excluding carboxylic acids is 1. The first kappa shape index (κ1) is 17.5. The van der Waals surface area contributed by atoms with Crippen molar-refractivity contribution < 1.29 is 4.79 Å². The number of pyridine rings is 1. The van der Waals surface area contributed by atoms with Crippen LogP contribution in [-0.4, -0.2) is 26.8 Å². The maximum Gasteiger partial charge on any atom is 0.277 e. The lowest BCUT2D eigenvalue weighted by Crippen LogP contribution is -2.36. The van der Waals surface area contributed by atoms with Crippen molar-refractivity contribution >= 4 is 16.8 Å². The minimum absolute atomic E-state index is 0.128. The summed E-state index contributed by atoms with van der Waals surface area (Å²) in [6.45, 7) is 4.25. The molecule has 0 radical (unpaired) electrons. The Kier molecular flexibility index (Phi) is 5.06. The second-order valence-corrected chi connectivity index (χ2v) is 6.82. The first-order chi connectivity index (χ1) is 12.0. The monoisotopic (exact) mass is 342 g/mol. The highest BCUT2D eigenvalue weighted by Crippen LogP contribution is 2.19. The summed E-state index contributed by atoms with van der Waals surface area (Å²) in [5.41, 5.74) is 2.60. The van der Waals surface area contributed by atoms with Gasteiger partial charge in [-0.05, 0) is 52.0 Å². The van der Waals surface area contributed by atoms with Crippen LogP contribution in [0.25, 0.3) is 10.9 Å². The maximum atomic E-state index is 12.7. The van der Waals surface area contributed by atoms with Gasteiger partial charge in [0.15, 0.2) is 0 Å². The van der Waals surface area contributed by atoms with Gasteiger partial charge in [0.2, 0.25) is 5.91 Å². The minimum Gasteiger partial charge on any atom is -0.354 e. The first-order valence-corrected chi connectivity index (χ1v) is 8.99. The largest absolute Gasteiger partial charge is 0.354 e. The Morgan fingerprint density at radius 2 is 2.20 bits per heavy atom. The predicted octanol–water partition coefficient (Wildman–Crippen LogP) is 2.61. The molecule has 0 aliphatic heterocycles. The van der Waals surface area contributed by atoms with Gasteiger partial charge in [0, 0.05) is 25.2 Å². The fourth-order valence-corrected chi connectivity index (χ4v) is 3.53. The lowest BCUT2D eigenvalue weighted by molar-refractivity contribution is -0.123. The van der Waals surface area contributed by atoms with E-state index in [1.54, 1.807) is 24.9 Å². The van der Waals surface area contributed by atoms with Crippen molar-refractivity contribution in [3.63, 3.8) is 0 Å². The van der Waals surface area contributed by atoms with Gasteiger partial charge in [-0.1, -0.05) is 11.6 Å². The molecule has 0 saturated carbocycles. The number of amides is 1. The van der Waals surface area contributed by atoms with E-state index in [4.69, 9.17) is 0 Å². The van der Waals surface area contributed by atoms with Crippen molar-refractivity contribution in [2.45, 2.75) is 52.0 Å². The highest BCUT2D eigenvalue weighted by atomic mass is 16.2. The molecular weight excluding hydrogens is 316 g/mol. The molecule has 1 amide bonds. The van der Waals surface area contributed by atoms with Gasteiger partial charge in [0.1, 0.15) is 11.6 Å². The van der Waals surface area contributed by atoms with Crippen molar-refractivity contribution in [1.82, 2.24) is 19.7 Å². The molecule has 2 aromatic rings. The Morgan fingerprint density at radius 3 is 2.92 bits per heavy atom. The number of aromatic nitrogens is 3. The number of aryl methyl sites for hydroxylation is 2. The van der Waals surface area contributed by atoms with Crippen LogP contribution < -0.4 is 10.9 Å². The summed E-state index contributed by atoms with van der Waals surface area (Å²) in [5.74, 6) is -0.128. The molecule has 1 aliphatic rings. The highest BCUT2D eigenvalue weighted by molar-refractivity contribution is 5.83. The van der Waals surface area contributed by atoms with Crippen molar-refractivity contribution in [1.29, 1.82) is 0 Å². The average Bonchev–Trinajstić information content (AvgIpc) is 2.90. The summed E-state index contributed by atoms with van der Waals surface area (Å²) in [6.07, 6.45) is 9.69. The van der Waals surface area contributed by atoms with Crippen molar-refractivity contribution in [3.8, 4) is 0 Å². The van der Waals surface area contributed by atoms with Crippen molar-refractivity contribution in [3.05, 3.63) is 40.0 Å². The Morgan fingerprint density at radius 1 is 1.40 bits per heavy atom. The molecule has 0 spiro atoms. The fraction of sp³-hybridized carbons (Fsp3) is 0.526. The number of carbonyl (C=O) groups is 1. The summed E-state index contributed by atoms with van der Waals surface area (Å²) < 4.78 is 3.07. The number of nitrogens with zero attached hydrogens (tertiary/aromatic N) is 3. The molecule has 6 heteroatoms. The zero-order valence-electron chi connectivity index (χ0n) is 15.2. The molecule has 134 valence electrons. The zero-order valence-corrected chi connectivity index (χ0v) is 15.2. The van der Waals surface area contributed by atoms with Crippen LogP contribution in [0.15, 0.2) is 28.7 Å². The van der Waals surface area contributed by atoms with E-state index in [-0.39, 0.29) is 11.5 Å². The average molecular weight is 342 g/mol. The van der Waals surface area contributed by atoms with Gasteiger partial charge >= 0.3 is 0 Å². The summed E-state index contributed by atoms with van der Waals surface area (Å²) in [6, 6.07) is 1.31. The highest BCUT2D eigenvalue weighted by Gasteiger charge is 2.19. The molecule has 0 bridgehead atoms. The molecule has 0 saturated heterocycles. The summed E-state index contributed by atoms with van der Waals surface area (Å²) in [7, 11) is 1.75. The molecule has 0 aromatic carbocycles. The van der Waals surface area contributed by atoms with E-state index in [2.05, 4.69) is 16.5 Å². The normalized spacial score (nSPS) is 15.9. The SMILES string of the molecule is Cc1nn(C)c2c(=O)n([C@H](C)C(=O)NCCC3=CCCCC3)ccc12. The number of hydrogen-bond acceptors (Lipinski definition) is 3. The summed E-state index contributed by atoms with van der Waals surface area (Å²) in [5, 5.41) is 8.09. The molecule has 2 aromatic heterocycles. The van der Waals surface area contributed by atoms with Crippen molar-refractivity contribution in [2.75, 3.05) is 6.54 Å². The Labute approximate surface area is 147 Å². The third-order valence-corrected chi connectivity index (χ3v) is 5.03. The van der Waals surface area contributed by atoms with E-state index in [9.17, 15) is 9.59 Å². The lowest BCUT2D eigenvalue weighted by atomic mass is 9.97. The standard InChI is InChI=1S/C19H26N4O2/c1-13-16-10-12-23(19(25)17(16)22(3)21-13)14(2)18(24)20-11-9-15-7-5-4-6-8-15/h7,10,12,14H,4-6,8-9,11H2,1-3H3,(H,20,24)/t14-/m1/s1. The van der Waals surface area contributed by atoms with Crippen LogP contribution >= 0.6 is 0 Å². The van der Waals surface area contributed by atoms with Crippen LogP contribution in [0.2, 0.25) is 0 Å². The second-order valence-electron chi connectivity index (χ2n) is 6.82. The number of allylic oxidation sites excluding steroid dienone is 1. The van der Waals surface area contributed by atoms with E-state index in [0.717, 1.165) is 30.3 Å². The van der Waals surface area contributed by atoms with Gasteiger partial charge in [-0.2, -0.15) is 5.10 Å². The van der Waals surface area contributed by atoms with E-state index < -0.39 is 6.04 Å². The van der Waals surface area contributed by atoms with Crippen LogP contribution in [0.1, 0.15) is 50.8 Å². The van der Waals surface area contributed by atoms with Crippen LogP contribution in [-0.2, 0) is 11.8 Å². The van der Waals surface area contributed by atoms with Gasteiger partial charge in [-0.25, -0.2) is 0 Å². The van der Waals surface area contributed by atoms with Crippen LogP contribution in [0, 0.1) is 6.92 Å². The number of nitrogens with one attached hydrogen (secondary N) is 1. The topological polar surface area (TPSA) is 68.9 Å². The smallest absolute Gasteiger partial charge is 0.277 e. The van der Waals surface area contributed by atoms with Crippen LogP contribution in [0.4, 0.5) is 0 Å². The molecule has 1 N–H and O–H groups in total. The maximum absolute atomic E-state index is 12.7. The van der Waals surface area contributed by atoms with Gasteiger partial charge in [0.05, 0.1) is 5.69 Å². The van der Waals surface area contributed by atoms with Gasteiger partial charge in [-0.15, -0.1) is 0 Å². The third kappa shape index (κ3) is 3.52. The van der Waals surface area contributed by atoms with Gasteiger partial charge < -0.3 is 9.88 Å². The van der Waals surface area contributed by atoms with E-state index in [1.807, 2.05) is 13.0 Å². The van der Waals surface area contributed by atoms with E-state index in [1.165, 1.54) is 23.0 Å². The molecule has 3 rings (SSSR count).